The van der Waals surface area contributed by atoms with Gasteiger partial charge in [-0.25, -0.2) is 4.79 Å². The Kier molecular flexibility index (Phi) is 3.14. The van der Waals surface area contributed by atoms with E-state index in [2.05, 4.69) is 0 Å². The number of aliphatic carboxylic acids is 1. The molecule has 0 bridgehead atoms. The van der Waals surface area contributed by atoms with Gasteiger partial charge in [0.1, 0.15) is 11.6 Å². The number of carbonyl (C=O) groups excluding carboxylic acids is 1. The Hall–Kier alpha value is -2.01. The summed E-state index contributed by atoms with van der Waals surface area (Å²) in [6.07, 6.45) is 1.17. The molecule has 1 aromatic heterocycles. The van der Waals surface area contributed by atoms with Crippen LogP contribution in [-0.4, -0.2) is 34.5 Å². The molecule has 1 amide bonds. The maximum atomic E-state index is 12.4. The SMILES string of the molecule is O=C(O)[C@H]1CCCN1C(=O)c1cc2cc(Cl)ccc2o1. The minimum atomic E-state index is -0.977. The number of amides is 1. The van der Waals surface area contributed by atoms with E-state index in [4.69, 9.17) is 21.1 Å². The molecule has 1 N–H and O–H groups in total. The first-order valence-corrected chi connectivity index (χ1v) is 6.67. The Morgan fingerprint density at radius 2 is 2.15 bits per heavy atom. The average Bonchev–Trinajstić information content (AvgIpc) is 3.03. The molecule has 0 saturated carbocycles. The summed E-state index contributed by atoms with van der Waals surface area (Å²) in [7, 11) is 0. The zero-order valence-electron chi connectivity index (χ0n) is 10.5. The third-order valence-corrected chi connectivity index (χ3v) is 3.72. The standard InChI is InChI=1S/C14H12ClNO4/c15-9-3-4-11-8(6-9)7-12(20-11)13(17)16-5-1-2-10(16)14(18)19/h3-4,6-7,10H,1-2,5H2,(H,18,19)/t10-/m1/s1. The second-order valence-corrected chi connectivity index (χ2v) is 5.22. The van der Waals surface area contributed by atoms with Gasteiger partial charge in [0.25, 0.3) is 5.91 Å². The first-order chi connectivity index (χ1) is 9.56. The number of carboxylic acids is 1. The summed E-state index contributed by atoms with van der Waals surface area (Å²) in [5.74, 6) is -1.22. The fourth-order valence-electron chi connectivity index (χ4n) is 2.53. The summed E-state index contributed by atoms with van der Waals surface area (Å²) < 4.78 is 5.48. The van der Waals surface area contributed by atoms with E-state index in [1.54, 1.807) is 24.3 Å². The van der Waals surface area contributed by atoms with E-state index in [0.29, 0.717) is 30.0 Å². The van der Waals surface area contributed by atoms with E-state index < -0.39 is 12.0 Å². The minimum absolute atomic E-state index is 0.149. The Balaban J connectivity index is 1.94. The molecule has 20 heavy (non-hydrogen) atoms. The molecule has 6 heteroatoms. The lowest BCUT2D eigenvalue weighted by Crippen LogP contribution is -2.40. The van der Waals surface area contributed by atoms with E-state index in [9.17, 15) is 9.59 Å². The van der Waals surface area contributed by atoms with Gasteiger partial charge in [-0.1, -0.05) is 11.6 Å². The van der Waals surface area contributed by atoms with Crippen molar-refractivity contribution in [3.05, 3.63) is 35.0 Å². The third-order valence-electron chi connectivity index (χ3n) is 3.49. The first kappa shape index (κ1) is 13.0. The number of benzene rings is 1. The third kappa shape index (κ3) is 2.14. The van der Waals surface area contributed by atoms with Gasteiger partial charge in [-0.3, -0.25) is 4.79 Å². The number of hydrogen-bond acceptors (Lipinski definition) is 3. The van der Waals surface area contributed by atoms with Crippen molar-refractivity contribution < 1.29 is 19.1 Å². The molecule has 5 nitrogen and oxygen atoms in total. The van der Waals surface area contributed by atoms with Gasteiger partial charge in [-0.15, -0.1) is 0 Å². The number of nitrogens with zero attached hydrogens (tertiary/aromatic N) is 1. The number of carboxylic acid groups (broad SMARTS) is 1. The molecule has 1 atom stereocenters. The Labute approximate surface area is 119 Å². The van der Waals surface area contributed by atoms with Crippen molar-refractivity contribution in [2.24, 2.45) is 0 Å². The van der Waals surface area contributed by atoms with Crippen LogP contribution in [0.15, 0.2) is 28.7 Å². The van der Waals surface area contributed by atoms with Crippen LogP contribution in [0.3, 0.4) is 0 Å². The van der Waals surface area contributed by atoms with Crippen molar-refractivity contribution in [1.29, 1.82) is 0 Å². The van der Waals surface area contributed by atoms with Crippen LogP contribution in [0.25, 0.3) is 11.0 Å². The van der Waals surface area contributed by atoms with Crippen LogP contribution in [0, 0.1) is 0 Å². The summed E-state index contributed by atoms with van der Waals surface area (Å²) in [6.45, 7) is 0.438. The highest BCUT2D eigenvalue weighted by atomic mass is 35.5. The van der Waals surface area contributed by atoms with Gasteiger partial charge in [-0.05, 0) is 37.1 Å². The summed E-state index contributed by atoms with van der Waals surface area (Å²) in [6, 6.07) is 5.90. The average molecular weight is 294 g/mol. The van der Waals surface area contributed by atoms with Crippen molar-refractivity contribution in [2.75, 3.05) is 6.54 Å². The lowest BCUT2D eigenvalue weighted by atomic mass is 10.2. The van der Waals surface area contributed by atoms with Gasteiger partial charge in [0, 0.05) is 17.0 Å². The van der Waals surface area contributed by atoms with Crippen molar-refractivity contribution in [3.8, 4) is 0 Å². The topological polar surface area (TPSA) is 70.8 Å². The molecular weight excluding hydrogens is 282 g/mol. The molecule has 3 rings (SSSR count). The van der Waals surface area contributed by atoms with Crippen LogP contribution >= 0.6 is 11.6 Å². The predicted molar refractivity (Wildman–Crippen MR) is 72.9 cm³/mol. The van der Waals surface area contributed by atoms with Crippen molar-refractivity contribution in [1.82, 2.24) is 4.90 Å². The molecular formula is C14H12ClNO4. The molecule has 0 unspecified atom stereocenters. The maximum absolute atomic E-state index is 12.4. The Morgan fingerprint density at radius 1 is 1.35 bits per heavy atom. The predicted octanol–water partition coefficient (Wildman–Crippen LogP) is 2.78. The van der Waals surface area contributed by atoms with E-state index in [0.717, 1.165) is 5.39 Å². The smallest absolute Gasteiger partial charge is 0.326 e. The number of hydrogen-bond donors (Lipinski definition) is 1. The van der Waals surface area contributed by atoms with Gasteiger partial charge in [0.05, 0.1) is 0 Å². The number of rotatable bonds is 2. The number of halogens is 1. The van der Waals surface area contributed by atoms with Crippen LogP contribution in [0.5, 0.6) is 0 Å². The highest BCUT2D eigenvalue weighted by Crippen LogP contribution is 2.26. The van der Waals surface area contributed by atoms with Crippen molar-refractivity contribution in [2.45, 2.75) is 18.9 Å². The molecule has 1 aromatic carbocycles. The summed E-state index contributed by atoms with van der Waals surface area (Å²) in [4.78, 5) is 24.8. The lowest BCUT2D eigenvalue weighted by Gasteiger charge is -2.19. The molecule has 2 heterocycles. The first-order valence-electron chi connectivity index (χ1n) is 6.29. The zero-order valence-corrected chi connectivity index (χ0v) is 11.3. The summed E-state index contributed by atoms with van der Waals surface area (Å²) in [5.41, 5.74) is 0.559. The fourth-order valence-corrected chi connectivity index (χ4v) is 2.71. The highest BCUT2D eigenvalue weighted by Gasteiger charge is 2.35. The van der Waals surface area contributed by atoms with Gasteiger partial charge >= 0.3 is 5.97 Å². The van der Waals surface area contributed by atoms with E-state index in [1.807, 2.05) is 0 Å². The maximum Gasteiger partial charge on any atom is 0.326 e. The normalized spacial score (nSPS) is 18.6. The summed E-state index contributed by atoms with van der Waals surface area (Å²) in [5, 5.41) is 10.4. The van der Waals surface area contributed by atoms with E-state index >= 15 is 0 Å². The molecule has 1 saturated heterocycles. The molecule has 2 aromatic rings. The second kappa shape index (κ2) is 4.83. The van der Waals surface area contributed by atoms with Crippen LogP contribution in [0.4, 0.5) is 0 Å². The number of carbonyl (C=O) groups is 2. The Morgan fingerprint density at radius 3 is 2.90 bits per heavy atom. The second-order valence-electron chi connectivity index (χ2n) is 4.79. The van der Waals surface area contributed by atoms with Crippen molar-refractivity contribution >= 4 is 34.4 Å². The van der Waals surface area contributed by atoms with E-state index in [1.165, 1.54) is 4.90 Å². The number of furan rings is 1. The van der Waals surface area contributed by atoms with Crippen LogP contribution in [0.2, 0.25) is 5.02 Å². The minimum Gasteiger partial charge on any atom is -0.480 e. The molecule has 104 valence electrons. The Bertz CT molecular complexity index is 694. The quantitative estimate of drug-likeness (QED) is 0.924. The molecule has 0 radical (unpaired) electrons. The summed E-state index contributed by atoms with van der Waals surface area (Å²) >= 11 is 5.88. The molecule has 1 fully saturated rings. The molecule has 0 aliphatic carbocycles. The number of fused-ring (bicyclic) bond motifs is 1. The van der Waals surface area contributed by atoms with Gasteiger partial charge in [-0.2, -0.15) is 0 Å². The lowest BCUT2D eigenvalue weighted by molar-refractivity contribution is -0.141. The highest BCUT2D eigenvalue weighted by molar-refractivity contribution is 6.31. The number of likely N-dealkylation sites (tertiary alicyclic amines) is 1. The zero-order chi connectivity index (χ0) is 14.3. The van der Waals surface area contributed by atoms with Crippen LogP contribution < -0.4 is 0 Å². The van der Waals surface area contributed by atoms with Gasteiger partial charge in [0.2, 0.25) is 0 Å². The van der Waals surface area contributed by atoms with Gasteiger partial charge in [0.15, 0.2) is 5.76 Å². The molecule has 0 spiro atoms. The van der Waals surface area contributed by atoms with Crippen LogP contribution in [0.1, 0.15) is 23.4 Å². The molecule has 1 aliphatic heterocycles. The van der Waals surface area contributed by atoms with Crippen LogP contribution in [-0.2, 0) is 4.79 Å². The monoisotopic (exact) mass is 293 g/mol. The van der Waals surface area contributed by atoms with Crippen molar-refractivity contribution in [3.63, 3.8) is 0 Å². The largest absolute Gasteiger partial charge is 0.480 e. The molecule has 1 aliphatic rings. The fraction of sp³-hybridized carbons (Fsp3) is 0.286. The van der Waals surface area contributed by atoms with Gasteiger partial charge < -0.3 is 14.4 Å². The van der Waals surface area contributed by atoms with E-state index in [-0.39, 0.29) is 11.7 Å².